The van der Waals surface area contributed by atoms with Gasteiger partial charge in [-0.3, -0.25) is 5.10 Å². The molecule has 2 heterocycles. The molecule has 1 saturated carbocycles. The van der Waals surface area contributed by atoms with Crippen molar-refractivity contribution in [2.24, 2.45) is 11.3 Å². The summed E-state index contributed by atoms with van der Waals surface area (Å²) in [4.78, 5) is 2.36. The fourth-order valence-corrected chi connectivity index (χ4v) is 4.77. The molecular formula is C20H36N4O. The molecule has 1 saturated heterocycles. The Bertz CT molecular complexity index is 546. The van der Waals surface area contributed by atoms with Crippen molar-refractivity contribution in [3.05, 3.63) is 17.5 Å². The quantitative estimate of drug-likeness (QED) is 0.795. The number of hydrogen-bond acceptors (Lipinski definition) is 4. The molecule has 1 aliphatic carbocycles. The zero-order valence-corrected chi connectivity index (χ0v) is 16.5. The van der Waals surface area contributed by atoms with Crippen molar-refractivity contribution in [1.82, 2.24) is 20.4 Å². The van der Waals surface area contributed by atoms with Crippen LogP contribution in [0.15, 0.2) is 6.20 Å². The van der Waals surface area contributed by atoms with Crippen LogP contribution in [0.3, 0.4) is 0 Å². The minimum Gasteiger partial charge on any atom is -0.375 e. The predicted octanol–water partition coefficient (Wildman–Crippen LogP) is 2.98. The number of hydrogen-bond donors (Lipinski definition) is 2. The molecule has 0 atom stereocenters. The fourth-order valence-electron chi connectivity index (χ4n) is 4.77. The highest BCUT2D eigenvalue weighted by Crippen LogP contribution is 2.50. The standard InChI is InChI=1S/C20H36N4O/c1-19(2)14-20(15-25-19)7-5-16(6-8-20)11-18-17(12-22-23-18)13-24(4)10-9-21-3/h12,16,21H,5-11,13-15H2,1-4H3,(H,22,23)/t16-,20+. The molecule has 1 aliphatic heterocycles. The number of H-pyrrole nitrogens is 1. The van der Waals surface area contributed by atoms with Gasteiger partial charge in [0.2, 0.25) is 0 Å². The number of rotatable bonds is 7. The van der Waals surface area contributed by atoms with E-state index in [2.05, 4.69) is 47.5 Å². The van der Waals surface area contributed by atoms with Gasteiger partial charge in [-0.2, -0.15) is 5.10 Å². The van der Waals surface area contributed by atoms with E-state index < -0.39 is 0 Å². The second-order valence-corrected chi connectivity index (χ2v) is 9.07. The average molecular weight is 349 g/mol. The molecule has 1 aromatic rings. The van der Waals surface area contributed by atoms with Gasteiger partial charge >= 0.3 is 0 Å². The molecule has 5 nitrogen and oxygen atoms in total. The number of nitrogens with zero attached hydrogens (tertiary/aromatic N) is 2. The SMILES string of the molecule is CNCCN(C)Cc1c[nH]nc1C[C@H]1CC[C@]2(CC1)COC(C)(C)C2. The maximum absolute atomic E-state index is 6.04. The number of nitrogens with one attached hydrogen (secondary N) is 2. The van der Waals surface area contributed by atoms with E-state index in [9.17, 15) is 0 Å². The van der Waals surface area contributed by atoms with Gasteiger partial charge in [0.15, 0.2) is 0 Å². The van der Waals surface area contributed by atoms with E-state index in [0.29, 0.717) is 5.41 Å². The summed E-state index contributed by atoms with van der Waals surface area (Å²) in [5.41, 5.74) is 3.19. The Balaban J connectivity index is 1.51. The van der Waals surface area contributed by atoms with E-state index in [-0.39, 0.29) is 5.60 Å². The van der Waals surface area contributed by atoms with Crippen molar-refractivity contribution in [1.29, 1.82) is 0 Å². The molecule has 5 heteroatoms. The highest BCUT2D eigenvalue weighted by Gasteiger charge is 2.45. The second kappa shape index (κ2) is 7.77. The third-order valence-corrected chi connectivity index (χ3v) is 6.21. The minimum absolute atomic E-state index is 0.0835. The Hall–Kier alpha value is -0.910. The lowest BCUT2D eigenvalue weighted by Crippen LogP contribution is -2.30. The summed E-state index contributed by atoms with van der Waals surface area (Å²) in [7, 11) is 4.18. The number of aromatic amines is 1. The average Bonchev–Trinajstić information content (AvgIpc) is 3.12. The topological polar surface area (TPSA) is 53.2 Å². The molecule has 142 valence electrons. The Kier molecular flexibility index (Phi) is 5.86. The summed E-state index contributed by atoms with van der Waals surface area (Å²) in [5.74, 6) is 0.777. The monoisotopic (exact) mass is 348 g/mol. The van der Waals surface area contributed by atoms with Gasteiger partial charge in [0, 0.05) is 31.4 Å². The second-order valence-electron chi connectivity index (χ2n) is 9.07. The van der Waals surface area contributed by atoms with Crippen LogP contribution < -0.4 is 5.32 Å². The molecule has 0 bridgehead atoms. The van der Waals surface area contributed by atoms with Crippen molar-refractivity contribution in [2.45, 2.75) is 64.5 Å². The molecule has 0 unspecified atom stereocenters. The summed E-state index contributed by atoms with van der Waals surface area (Å²) in [6.07, 6.45) is 9.73. The summed E-state index contributed by atoms with van der Waals surface area (Å²) in [6, 6.07) is 0. The van der Waals surface area contributed by atoms with Crippen molar-refractivity contribution in [3.63, 3.8) is 0 Å². The van der Waals surface area contributed by atoms with E-state index in [1.807, 2.05) is 7.05 Å². The lowest BCUT2D eigenvalue weighted by atomic mass is 9.67. The van der Waals surface area contributed by atoms with E-state index in [1.54, 1.807) is 0 Å². The van der Waals surface area contributed by atoms with E-state index >= 15 is 0 Å². The first kappa shape index (κ1) is 18.9. The van der Waals surface area contributed by atoms with Crippen LogP contribution in [-0.4, -0.2) is 54.5 Å². The zero-order valence-electron chi connectivity index (χ0n) is 16.5. The van der Waals surface area contributed by atoms with Gasteiger partial charge in [0.25, 0.3) is 0 Å². The summed E-state index contributed by atoms with van der Waals surface area (Å²) < 4.78 is 6.04. The van der Waals surface area contributed by atoms with Crippen LogP contribution in [-0.2, 0) is 17.7 Å². The number of aromatic nitrogens is 2. The van der Waals surface area contributed by atoms with Crippen LogP contribution in [0, 0.1) is 11.3 Å². The Morgan fingerprint density at radius 2 is 2.12 bits per heavy atom. The minimum atomic E-state index is 0.0835. The van der Waals surface area contributed by atoms with Gasteiger partial charge < -0.3 is 15.0 Å². The van der Waals surface area contributed by atoms with Crippen LogP contribution in [0.4, 0.5) is 0 Å². The largest absolute Gasteiger partial charge is 0.375 e. The molecule has 25 heavy (non-hydrogen) atoms. The molecule has 0 radical (unpaired) electrons. The highest BCUT2D eigenvalue weighted by atomic mass is 16.5. The van der Waals surface area contributed by atoms with Gasteiger partial charge in [-0.15, -0.1) is 0 Å². The fraction of sp³-hybridized carbons (Fsp3) is 0.850. The smallest absolute Gasteiger partial charge is 0.0669 e. The van der Waals surface area contributed by atoms with E-state index in [4.69, 9.17) is 4.74 Å². The summed E-state index contributed by atoms with van der Waals surface area (Å²) in [6.45, 7) is 8.52. The van der Waals surface area contributed by atoms with Crippen molar-refractivity contribution < 1.29 is 4.74 Å². The van der Waals surface area contributed by atoms with Gasteiger partial charge in [-0.1, -0.05) is 0 Å². The van der Waals surface area contributed by atoms with Crippen molar-refractivity contribution in [2.75, 3.05) is 33.8 Å². The number of ether oxygens (including phenoxy) is 1. The van der Waals surface area contributed by atoms with Gasteiger partial charge in [-0.05, 0) is 77.8 Å². The molecule has 2 N–H and O–H groups in total. The van der Waals surface area contributed by atoms with Crippen LogP contribution in [0.1, 0.15) is 57.2 Å². The molecule has 1 spiro atoms. The molecule has 1 aromatic heterocycles. The van der Waals surface area contributed by atoms with Crippen molar-refractivity contribution >= 4 is 0 Å². The molecular weight excluding hydrogens is 312 g/mol. The normalized spacial score (nSPS) is 28.9. The van der Waals surface area contributed by atoms with Crippen LogP contribution >= 0.6 is 0 Å². The molecule has 0 aromatic carbocycles. The van der Waals surface area contributed by atoms with Crippen LogP contribution in [0.2, 0.25) is 0 Å². The van der Waals surface area contributed by atoms with E-state index in [1.165, 1.54) is 43.4 Å². The number of likely N-dealkylation sites (N-methyl/N-ethyl adjacent to an activating group) is 2. The first-order chi connectivity index (χ1) is 11.9. The van der Waals surface area contributed by atoms with Gasteiger partial charge in [-0.25, -0.2) is 0 Å². The maximum atomic E-state index is 6.04. The molecule has 0 amide bonds. The van der Waals surface area contributed by atoms with Gasteiger partial charge in [0.1, 0.15) is 0 Å². The Labute approximate surface area is 152 Å². The van der Waals surface area contributed by atoms with Crippen molar-refractivity contribution in [3.8, 4) is 0 Å². The Morgan fingerprint density at radius 1 is 1.36 bits per heavy atom. The highest BCUT2D eigenvalue weighted by molar-refractivity contribution is 5.17. The zero-order chi connectivity index (χ0) is 17.9. The summed E-state index contributed by atoms with van der Waals surface area (Å²) >= 11 is 0. The molecule has 2 aliphatic rings. The van der Waals surface area contributed by atoms with Crippen LogP contribution in [0.25, 0.3) is 0 Å². The Morgan fingerprint density at radius 3 is 2.76 bits per heavy atom. The molecule has 2 fully saturated rings. The third kappa shape index (κ3) is 4.83. The predicted molar refractivity (Wildman–Crippen MR) is 102 cm³/mol. The van der Waals surface area contributed by atoms with Crippen LogP contribution in [0.5, 0.6) is 0 Å². The third-order valence-electron chi connectivity index (χ3n) is 6.21. The molecule has 3 rings (SSSR count). The van der Waals surface area contributed by atoms with E-state index in [0.717, 1.165) is 38.6 Å². The summed E-state index contributed by atoms with van der Waals surface area (Å²) in [5, 5.41) is 10.9. The lowest BCUT2D eigenvalue weighted by Gasteiger charge is -2.36. The maximum Gasteiger partial charge on any atom is 0.0669 e. The first-order valence-electron chi connectivity index (χ1n) is 9.90. The lowest BCUT2D eigenvalue weighted by molar-refractivity contribution is 0.0270. The first-order valence-corrected chi connectivity index (χ1v) is 9.90. The van der Waals surface area contributed by atoms with Gasteiger partial charge in [0.05, 0.1) is 17.9 Å².